The zero-order valence-electron chi connectivity index (χ0n) is 19.4. The molecule has 4 rings (SSSR count). The van der Waals surface area contributed by atoms with Gasteiger partial charge in [0.05, 0.1) is 0 Å². The molecule has 180 valence electrons. The maximum atomic E-state index is 12.6. The van der Waals surface area contributed by atoms with E-state index in [1.165, 1.54) is 0 Å². The van der Waals surface area contributed by atoms with Crippen LogP contribution in [0.3, 0.4) is 0 Å². The number of carboxylic acid groups (broad SMARTS) is 1. The van der Waals surface area contributed by atoms with Crippen LogP contribution in [0.25, 0.3) is 11.1 Å². The largest absolute Gasteiger partial charge is 0.479 e. The van der Waals surface area contributed by atoms with Crippen molar-refractivity contribution in [2.45, 2.75) is 37.8 Å². The lowest BCUT2D eigenvalue weighted by Crippen LogP contribution is -2.41. The second-order valence-electron chi connectivity index (χ2n) is 8.53. The highest BCUT2D eigenvalue weighted by molar-refractivity contribution is 5.85. The van der Waals surface area contributed by atoms with Gasteiger partial charge in [-0.05, 0) is 34.2 Å². The molecule has 0 aromatic heterocycles. The molecule has 0 radical (unpaired) electrons. The predicted octanol–water partition coefficient (Wildman–Crippen LogP) is 4.64. The summed E-state index contributed by atoms with van der Waals surface area (Å²) >= 11 is 0. The highest BCUT2D eigenvalue weighted by atomic mass is 16.5. The van der Waals surface area contributed by atoms with Gasteiger partial charge in [0, 0.05) is 18.4 Å². The van der Waals surface area contributed by atoms with Gasteiger partial charge in [-0.3, -0.25) is 4.79 Å². The molecule has 2 amide bonds. The van der Waals surface area contributed by atoms with E-state index < -0.39 is 30.1 Å². The van der Waals surface area contributed by atoms with Gasteiger partial charge in [-0.1, -0.05) is 85.8 Å². The minimum atomic E-state index is -1.16. The number of fused-ring (bicyclic) bond motifs is 3. The average molecular weight is 473 g/mol. The molecule has 0 bridgehead atoms. The number of hydrogen-bond acceptors (Lipinski definition) is 4. The van der Waals surface area contributed by atoms with Gasteiger partial charge in [0.1, 0.15) is 6.61 Å². The van der Waals surface area contributed by atoms with Crippen molar-refractivity contribution in [1.82, 2.24) is 10.6 Å². The molecular formula is C28H28N2O5. The van der Waals surface area contributed by atoms with E-state index in [2.05, 4.69) is 22.8 Å². The SMILES string of the molecule is CC[C@@H](CC(=O)NC(C(=O)O)c1ccccc1)NC(=O)OCC1c2ccccc2-c2ccccc21. The third-order valence-corrected chi connectivity index (χ3v) is 6.28. The molecule has 0 heterocycles. The van der Waals surface area contributed by atoms with Crippen molar-refractivity contribution < 1.29 is 24.2 Å². The van der Waals surface area contributed by atoms with Crippen molar-refractivity contribution in [3.63, 3.8) is 0 Å². The molecule has 0 saturated carbocycles. The number of rotatable bonds is 9. The minimum absolute atomic E-state index is 0.0567. The number of carboxylic acids is 1. The minimum Gasteiger partial charge on any atom is -0.479 e. The molecule has 0 fully saturated rings. The molecule has 0 aliphatic heterocycles. The first-order valence-electron chi connectivity index (χ1n) is 11.7. The normalized spacial score (nSPS) is 13.7. The average Bonchev–Trinajstić information content (AvgIpc) is 3.19. The number of benzene rings is 3. The number of aliphatic carboxylic acids is 1. The second kappa shape index (κ2) is 10.9. The topological polar surface area (TPSA) is 105 Å². The van der Waals surface area contributed by atoms with Crippen LogP contribution in [0.15, 0.2) is 78.9 Å². The Kier molecular flexibility index (Phi) is 7.45. The Labute approximate surface area is 204 Å². The van der Waals surface area contributed by atoms with E-state index in [1.807, 2.05) is 43.3 Å². The molecule has 35 heavy (non-hydrogen) atoms. The van der Waals surface area contributed by atoms with Crippen LogP contribution in [-0.4, -0.2) is 35.7 Å². The number of nitrogens with one attached hydrogen (secondary N) is 2. The Hall–Kier alpha value is -4.13. The monoisotopic (exact) mass is 472 g/mol. The Bertz CT molecular complexity index is 1170. The van der Waals surface area contributed by atoms with Crippen LogP contribution in [0.4, 0.5) is 4.79 Å². The van der Waals surface area contributed by atoms with Crippen LogP contribution < -0.4 is 10.6 Å². The molecule has 3 aromatic rings. The van der Waals surface area contributed by atoms with Crippen molar-refractivity contribution in [3.8, 4) is 11.1 Å². The fraction of sp³-hybridized carbons (Fsp3) is 0.250. The van der Waals surface area contributed by atoms with Crippen LogP contribution in [-0.2, 0) is 14.3 Å². The molecular weight excluding hydrogens is 444 g/mol. The lowest BCUT2D eigenvalue weighted by Gasteiger charge is -2.20. The Morgan fingerprint density at radius 1 is 0.857 bits per heavy atom. The van der Waals surface area contributed by atoms with E-state index in [0.29, 0.717) is 12.0 Å². The third-order valence-electron chi connectivity index (χ3n) is 6.28. The predicted molar refractivity (Wildman–Crippen MR) is 132 cm³/mol. The van der Waals surface area contributed by atoms with E-state index in [-0.39, 0.29) is 18.9 Å². The molecule has 2 atom stereocenters. The van der Waals surface area contributed by atoms with E-state index in [4.69, 9.17) is 4.74 Å². The molecule has 0 spiro atoms. The maximum absolute atomic E-state index is 12.6. The van der Waals surface area contributed by atoms with Crippen LogP contribution >= 0.6 is 0 Å². The first kappa shape index (κ1) is 24.0. The summed E-state index contributed by atoms with van der Waals surface area (Å²) in [5, 5.41) is 14.8. The summed E-state index contributed by atoms with van der Waals surface area (Å²) in [6.07, 6.45) is -0.179. The molecule has 3 N–H and O–H groups in total. The van der Waals surface area contributed by atoms with Gasteiger partial charge in [0.15, 0.2) is 6.04 Å². The molecule has 1 aliphatic rings. The van der Waals surface area contributed by atoms with Crippen molar-refractivity contribution in [2.75, 3.05) is 6.61 Å². The summed E-state index contributed by atoms with van der Waals surface area (Å²) in [6, 6.07) is 23.0. The van der Waals surface area contributed by atoms with Gasteiger partial charge in [0.2, 0.25) is 5.91 Å². The van der Waals surface area contributed by atoms with Crippen LogP contribution in [0.5, 0.6) is 0 Å². The van der Waals surface area contributed by atoms with Crippen molar-refractivity contribution in [3.05, 3.63) is 95.6 Å². The maximum Gasteiger partial charge on any atom is 0.407 e. The van der Waals surface area contributed by atoms with Crippen LogP contribution in [0, 0.1) is 0 Å². The van der Waals surface area contributed by atoms with Gasteiger partial charge in [-0.15, -0.1) is 0 Å². The van der Waals surface area contributed by atoms with Gasteiger partial charge >= 0.3 is 12.1 Å². The molecule has 1 unspecified atom stereocenters. The van der Waals surface area contributed by atoms with Gasteiger partial charge in [-0.25, -0.2) is 9.59 Å². The number of amides is 2. The smallest absolute Gasteiger partial charge is 0.407 e. The summed E-state index contributed by atoms with van der Waals surface area (Å²) in [4.78, 5) is 36.8. The zero-order valence-corrected chi connectivity index (χ0v) is 19.4. The van der Waals surface area contributed by atoms with Gasteiger partial charge in [0.25, 0.3) is 0 Å². The first-order valence-corrected chi connectivity index (χ1v) is 11.7. The number of carbonyl (C=O) groups excluding carboxylic acids is 2. The molecule has 3 aromatic carbocycles. The van der Waals surface area contributed by atoms with Crippen molar-refractivity contribution >= 4 is 18.0 Å². The van der Waals surface area contributed by atoms with E-state index in [1.54, 1.807) is 30.3 Å². The number of hydrogen-bond donors (Lipinski definition) is 3. The number of carbonyl (C=O) groups is 3. The molecule has 7 nitrogen and oxygen atoms in total. The summed E-state index contributed by atoms with van der Waals surface area (Å²) < 4.78 is 5.57. The fourth-order valence-electron chi connectivity index (χ4n) is 4.48. The van der Waals surface area contributed by atoms with Crippen molar-refractivity contribution in [2.24, 2.45) is 0 Å². The van der Waals surface area contributed by atoms with Gasteiger partial charge < -0.3 is 20.5 Å². The van der Waals surface area contributed by atoms with E-state index in [9.17, 15) is 19.5 Å². The number of alkyl carbamates (subject to hydrolysis) is 1. The molecule has 1 aliphatic carbocycles. The molecule has 7 heteroatoms. The number of ether oxygens (including phenoxy) is 1. The lowest BCUT2D eigenvalue weighted by molar-refractivity contribution is -0.142. The summed E-state index contributed by atoms with van der Waals surface area (Å²) in [6.45, 7) is 2.02. The first-order chi connectivity index (χ1) is 17.0. The second-order valence-corrected chi connectivity index (χ2v) is 8.53. The Morgan fingerprint density at radius 2 is 1.43 bits per heavy atom. The summed E-state index contributed by atoms with van der Waals surface area (Å²) in [5.41, 5.74) is 5.01. The third kappa shape index (κ3) is 5.51. The van der Waals surface area contributed by atoms with Gasteiger partial charge in [-0.2, -0.15) is 0 Å². The van der Waals surface area contributed by atoms with Crippen LogP contribution in [0.1, 0.15) is 48.4 Å². The van der Waals surface area contributed by atoms with E-state index >= 15 is 0 Å². The Balaban J connectivity index is 1.34. The fourth-order valence-corrected chi connectivity index (χ4v) is 4.48. The quantitative estimate of drug-likeness (QED) is 0.421. The highest BCUT2D eigenvalue weighted by Crippen LogP contribution is 2.44. The van der Waals surface area contributed by atoms with E-state index in [0.717, 1.165) is 22.3 Å². The van der Waals surface area contributed by atoms with Crippen molar-refractivity contribution in [1.29, 1.82) is 0 Å². The lowest BCUT2D eigenvalue weighted by atomic mass is 9.98. The summed E-state index contributed by atoms with van der Waals surface area (Å²) in [5.74, 6) is -1.67. The highest BCUT2D eigenvalue weighted by Gasteiger charge is 2.29. The molecule has 0 saturated heterocycles. The standard InChI is InChI=1S/C28H28N2O5/c1-2-19(16-25(31)30-26(27(32)33)18-10-4-3-5-11-18)29-28(34)35-17-24-22-14-8-6-12-20(22)21-13-7-9-15-23(21)24/h3-15,19,24,26H,2,16-17H2,1H3,(H,29,34)(H,30,31)(H,32,33)/t19-,26?/m0/s1. The van der Waals surface area contributed by atoms with Crippen LogP contribution in [0.2, 0.25) is 0 Å². The Morgan fingerprint density at radius 3 is 2.00 bits per heavy atom. The summed E-state index contributed by atoms with van der Waals surface area (Å²) in [7, 11) is 0. The zero-order chi connectivity index (χ0) is 24.8.